The van der Waals surface area contributed by atoms with Crippen molar-refractivity contribution >= 4 is 0 Å². The topological polar surface area (TPSA) is 62.2 Å². The first kappa shape index (κ1) is 27.9. The quantitative estimate of drug-likeness (QED) is 0.490. The molecule has 4 saturated carbocycles. The van der Waals surface area contributed by atoms with Gasteiger partial charge in [-0.1, -0.05) is 20.8 Å². The summed E-state index contributed by atoms with van der Waals surface area (Å²) < 4.78 is 13.0. The standard InChI is InChI=1S/C33H57NO4/c1-10-37-27(29(5,6)36)21-18-20(2)24-25(38-21)26(35)31(8)23-13-12-22-28(3,4)34(9)17-11-14-32(22)19-33(23,32)16-15-30(24,31)7/h20-27,35-36H,10-19H2,1-9H3/t20-,21-,22+,23+,24+,25+,26+,27+,30-,31-,32?,33+/m1/s1. The second-order valence-electron chi connectivity index (χ2n) is 16.4. The van der Waals surface area contributed by atoms with Crippen LogP contribution in [0.3, 0.4) is 0 Å². The number of ether oxygens (including phenoxy) is 2. The van der Waals surface area contributed by atoms with Gasteiger partial charge in [0.25, 0.3) is 0 Å². The first-order valence-corrected chi connectivity index (χ1v) is 16.0. The number of likely N-dealkylation sites (tertiary alicyclic amines) is 1. The van der Waals surface area contributed by atoms with Crippen LogP contribution in [0.25, 0.3) is 0 Å². The monoisotopic (exact) mass is 531 g/mol. The summed E-state index contributed by atoms with van der Waals surface area (Å²) in [6, 6.07) is 0. The Bertz CT molecular complexity index is 946. The molecule has 5 heteroatoms. The van der Waals surface area contributed by atoms with Crippen molar-refractivity contribution in [2.24, 2.45) is 45.3 Å². The molecule has 0 bridgehead atoms. The Kier molecular flexibility index (Phi) is 6.20. The van der Waals surface area contributed by atoms with Gasteiger partial charge in [-0.3, -0.25) is 0 Å². The van der Waals surface area contributed by atoms with Crippen LogP contribution in [0, 0.1) is 45.3 Å². The molecule has 0 radical (unpaired) electrons. The maximum absolute atomic E-state index is 12.4. The molecular formula is C33H57NO4. The van der Waals surface area contributed by atoms with E-state index in [9.17, 15) is 10.2 Å². The summed E-state index contributed by atoms with van der Waals surface area (Å²) in [4.78, 5) is 2.65. The average molecular weight is 532 g/mol. The predicted octanol–water partition coefficient (Wildman–Crippen LogP) is 5.66. The molecule has 6 aliphatic rings. The zero-order valence-electron chi connectivity index (χ0n) is 25.8. The van der Waals surface area contributed by atoms with Crippen LogP contribution in [0.5, 0.6) is 0 Å². The Labute approximate surface area is 232 Å². The highest BCUT2D eigenvalue weighted by Crippen LogP contribution is 2.88. The van der Waals surface area contributed by atoms with Gasteiger partial charge in [0.15, 0.2) is 0 Å². The van der Waals surface area contributed by atoms with Crippen molar-refractivity contribution in [1.29, 1.82) is 0 Å². The van der Waals surface area contributed by atoms with E-state index in [1.165, 1.54) is 51.5 Å². The fourth-order valence-corrected chi connectivity index (χ4v) is 12.6. The Morgan fingerprint density at radius 2 is 1.71 bits per heavy atom. The number of rotatable bonds is 4. The minimum absolute atomic E-state index is 0.0703. The van der Waals surface area contributed by atoms with Gasteiger partial charge >= 0.3 is 0 Å². The molecule has 0 aromatic heterocycles. The van der Waals surface area contributed by atoms with Gasteiger partial charge in [0.05, 0.1) is 23.9 Å². The highest BCUT2D eigenvalue weighted by Gasteiger charge is 2.84. The molecule has 5 nitrogen and oxygen atoms in total. The Hall–Kier alpha value is -0.200. The van der Waals surface area contributed by atoms with Crippen molar-refractivity contribution in [3.05, 3.63) is 0 Å². The van der Waals surface area contributed by atoms with Crippen LogP contribution in [0.4, 0.5) is 0 Å². The largest absolute Gasteiger partial charge is 0.390 e. The normalized spacial score (nSPS) is 54.6. The second kappa shape index (κ2) is 8.43. The molecule has 12 atom stereocenters. The van der Waals surface area contributed by atoms with Crippen LogP contribution in [0.2, 0.25) is 0 Å². The molecule has 2 aliphatic heterocycles. The molecule has 6 rings (SSSR count). The van der Waals surface area contributed by atoms with Gasteiger partial charge < -0.3 is 24.6 Å². The first-order valence-electron chi connectivity index (χ1n) is 16.0. The van der Waals surface area contributed by atoms with E-state index in [2.05, 4.69) is 46.6 Å². The fraction of sp³-hybridized carbons (Fsp3) is 1.00. The van der Waals surface area contributed by atoms with Crippen LogP contribution < -0.4 is 0 Å². The molecule has 2 spiro atoms. The lowest BCUT2D eigenvalue weighted by Crippen LogP contribution is -2.59. The summed E-state index contributed by atoms with van der Waals surface area (Å²) in [6.07, 6.45) is 8.80. The van der Waals surface area contributed by atoms with E-state index in [-0.39, 0.29) is 34.7 Å². The number of aliphatic hydroxyl groups excluding tert-OH is 1. The number of nitrogens with zero attached hydrogens (tertiary/aromatic N) is 1. The summed E-state index contributed by atoms with van der Waals surface area (Å²) in [5, 5.41) is 23.4. The van der Waals surface area contributed by atoms with Gasteiger partial charge in [-0.15, -0.1) is 0 Å². The lowest BCUT2D eigenvalue weighted by atomic mass is 9.43. The van der Waals surface area contributed by atoms with Gasteiger partial charge in [0.2, 0.25) is 0 Å². The Balaban J connectivity index is 1.35. The fourth-order valence-electron chi connectivity index (χ4n) is 12.6. The van der Waals surface area contributed by atoms with E-state index in [4.69, 9.17) is 9.47 Å². The van der Waals surface area contributed by atoms with E-state index in [1.54, 1.807) is 0 Å². The third kappa shape index (κ3) is 3.23. The summed E-state index contributed by atoms with van der Waals surface area (Å²) in [5.41, 5.74) is 0.0325. The maximum Gasteiger partial charge on any atom is 0.112 e. The van der Waals surface area contributed by atoms with Crippen molar-refractivity contribution in [3.8, 4) is 0 Å². The molecule has 2 saturated heterocycles. The Morgan fingerprint density at radius 1 is 1.05 bits per heavy atom. The zero-order chi connectivity index (χ0) is 27.7. The average Bonchev–Trinajstić information content (AvgIpc) is 3.48. The minimum Gasteiger partial charge on any atom is -0.390 e. The molecule has 0 amide bonds. The number of hydrogen-bond acceptors (Lipinski definition) is 5. The van der Waals surface area contributed by atoms with Gasteiger partial charge in [0, 0.05) is 17.6 Å². The number of aliphatic hydroxyl groups is 2. The van der Waals surface area contributed by atoms with Gasteiger partial charge in [-0.25, -0.2) is 0 Å². The van der Waals surface area contributed by atoms with Crippen molar-refractivity contribution in [2.45, 2.75) is 142 Å². The molecule has 38 heavy (non-hydrogen) atoms. The lowest BCUT2D eigenvalue weighted by Gasteiger charge is -2.62. The van der Waals surface area contributed by atoms with Crippen LogP contribution in [-0.2, 0) is 9.47 Å². The smallest absolute Gasteiger partial charge is 0.112 e. The van der Waals surface area contributed by atoms with Gasteiger partial charge in [0.1, 0.15) is 6.10 Å². The van der Waals surface area contributed by atoms with E-state index < -0.39 is 11.7 Å². The van der Waals surface area contributed by atoms with Crippen LogP contribution in [-0.4, -0.2) is 70.9 Å². The predicted molar refractivity (Wildman–Crippen MR) is 151 cm³/mol. The van der Waals surface area contributed by atoms with Crippen molar-refractivity contribution < 1.29 is 19.7 Å². The highest BCUT2D eigenvalue weighted by atomic mass is 16.6. The third-order valence-electron chi connectivity index (χ3n) is 14.5. The minimum atomic E-state index is -0.986. The molecule has 6 fully saturated rings. The number of fused-ring (bicyclic) bond motifs is 4. The highest BCUT2D eigenvalue weighted by molar-refractivity contribution is 5.32. The summed E-state index contributed by atoms with van der Waals surface area (Å²) in [6.45, 7) is 19.8. The van der Waals surface area contributed by atoms with Crippen molar-refractivity contribution in [1.82, 2.24) is 4.90 Å². The molecule has 218 valence electrons. The van der Waals surface area contributed by atoms with E-state index in [0.717, 1.165) is 12.3 Å². The second-order valence-corrected chi connectivity index (χ2v) is 16.4. The zero-order valence-corrected chi connectivity index (χ0v) is 25.8. The SMILES string of the molecule is CCO[C@@H]([C@H]1C[C@@H](C)[C@H]2[C@H](O1)[C@H](O)[C@@]1(C)[C@@H]3CC[C@H]4C(C)(C)N(C)CCCC45C[C@@]35CC[C@]21C)C(C)(C)O. The summed E-state index contributed by atoms with van der Waals surface area (Å²) in [7, 11) is 2.35. The van der Waals surface area contributed by atoms with Gasteiger partial charge in [-0.2, -0.15) is 0 Å². The van der Waals surface area contributed by atoms with Crippen molar-refractivity contribution in [2.75, 3.05) is 20.2 Å². The number of hydrogen-bond donors (Lipinski definition) is 2. The summed E-state index contributed by atoms with van der Waals surface area (Å²) >= 11 is 0. The van der Waals surface area contributed by atoms with E-state index >= 15 is 0 Å². The molecule has 0 aromatic rings. The van der Waals surface area contributed by atoms with E-state index in [0.29, 0.717) is 35.2 Å². The van der Waals surface area contributed by atoms with Crippen LogP contribution in [0.1, 0.15) is 107 Å². The van der Waals surface area contributed by atoms with E-state index in [1.807, 2.05) is 20.8 Å². The maximum atomic E-state index is 12.4. The Morgan fingerprint density at radius 3 is 2.37 bits per heavy atom. The van der Waals surface area contributed by atoms with Crippen LogP contribution >= 0.6 is 0 Å². The molecule has 2 N–H and O–H groups in total. The molecular weight excluding hydrogens is 474 g/mol. The lowest BCUT2D eigenvalue weighted by molar-refractivity contribution is -0.215. The molecule has 0 aromatic carbocycles. The molecule has 1 unspecified atom stereocenters. The van der Waals surface area contributed by atoms with Crippen molar-refractivity contribution in [3.63, 3.8) is 0 Å². The van der Waals surface area contributed by atoms with Gasteiger partial charge in [-0.05, 0) is 139 Å². The van der Waals surface area contributed by atoms with Crippen LogP contribution in [0.15, 0.2) is 0 Å². The third-order valence-corrected chi connectivity index (χ3v) is 14.5. The summed E-state index contributed by atoms with van der Waals surface area (Å²) in [5.74, 6) is 2.10. The first-order chi connectivity index (χ1) is 17.6. The molecule has 4 aliphatic carbocycles. The molecule has 2 heterocycles.